The van der Waals surface area contributed by atoms with E-state index in [0.29, 0.717) is 6.54 Å². The third kappa shape index (κ3) is 4.41. The fourth-order valence-corrected chi connectivity index (χ4v) is 2.91. The first-order chi connectivity index (χ1) is 12.0. The number of urea groups is 1. The zero-order chi connectivity index (χ0) is 17.8. The summed E-state index contributed by atoms with van der Waals surface area (Å²) in [5.74, 6) is 0.670. The van der Waals surface area contributed by atoms with Crippen LogP contribution in [0.1, 0.15) is 44.1 Å². The maximum atomic E-state index is 12.7. The molecule has 25 heavy (non-hydrogen) atoms. The van der Waals surface area contributed by atoms with Crippen molar-refractivity contribution in [3.05, 3.63) is 54.0 Å². The molecule has 2 N–H and O–H groups in total. The lowest BCUT2D eigenvalue weighted by atomic mass is 10.2. The highest BCUT2D eigenvalue weighted by atomic mass is 16.3. The average molecular weight is 341 g/mol. The van der Waals surface area contributed by atoms with E-state index in [4.69, 9.17) is 4.42 Å². The Bertz CT molecular complexity index is 738. The van der Waals surface area contributed by atoms with Crippen LogP contribution in [-0.4, -0.2) is 22.9 Å². The number of nitrogens with zero attached hydrogens (tertiary/aromatic N) is 1. The third-order valence-electron chi connectivity index (χ3n) is 4.24. The summed E-state index contributed by atoms with van der Waals surface area (Å²) < 4.78 is 5.46. The molecular formula is C19H23N3O3. The maximum Gasteiger partial charge on any atom is 0.318 e. The summed E-state index contributed by atoms with van der Waals surface area (Å²) in [7, 11) is 0. The van der Waals surface area contributed by atoms with Gasteiger partial charge in [0.25, 0.3) is 0 Å². The Morgan fingerprint density at radius 1 is 1.28 bits per heavy atom. The van der Waals surface area contributed by atoms with Crippen LogP contribution in [-0.2, 0) is 11.3 Å². The smallest absolute Gasteiger partial charge is 0.318 e. The molecule has 0 radical (unpaired) electrons. The zero-order valence-electron chi connectivity index (χ0n) is 14.5. The number of nitrogens with one attached hydrogen (secondary N) is 2. The lowest BCUT2D eigenvalue weighted by Gasteiger charge is -2.28. The van der Waals surface area contributed by atoms with Gasteiger partial charge in [-0.25, -0.2) is 4.79 Å². The molecule has 1 saturated carbocycles. The van der Waals surface area contributed by atoms with Crippen molar-refractivity contribution in [1.82, 2.24) is 10.2 Å². The number of hydrogen-bond donors (Lipinski definition) is 2. The van der Waals surface area contributed by atoms with E-state index >= 15 is 0 Å². The second-order valence-corrected chi connectivity index (χ2v) is 6.37. The van der Waals surface area contributed by atoms with Gasteiger partial charge in [0.05, 0.1) is 12.3 Å². The fraction of sp³-hybridized carbons (Fsp3) is 0.368. The van der Waals surface area contributed by atoms with Gasteiger partial charge in [-0.2, -0.15) is 0 Å². The fourth-order valence-electron chi connectivity index (χ4n) is 2.91. The molecule has 1 aliphatic carbocycles. The second kappa shape index (κ2) is 7.42. The molecule has 1 heterocycles. The van der Waals surface area contributed by atoms with Crippen molar-refractivity contribution in [2.45, 2.75) is 45.3 Å². The van der Waals surface area contributed by atoms with Gasteiger partial charge in [-0.05, 0) is 49.6 Å². The molecule has 2 aromatic rings. The van der Waals surface area contributed by atoms with Crippen LogP contribution in [0.5, 0.6) is 0 Å². The Balaban J connectivity index is 1.63. The van der Waals surface area contributed by atoms with Crippen molar-refractivity contribution in [3.63, 3.8) is 0 Å². The molecule has 6 nitrogen and oxygen atoms in total. The summed E-state index contributed by atoms with van der Waals surface area (Å²) in [6, 6.07) is 11.3. The summed E-state index contributed by atoms with van der Waals surface area (Å²) in [6.45, 7) is 3.85. The highest BCUT2D eigenvalue weighted by Gasteiger charge is 2.37. The average Bonchev–Trinajstić information content (AvgIpc) is 3.24. The van der Waals surface area contributed by atoms with Crippen LogP contribution in [0.15, 0.2) is 47.1 Å². The van der Waals surface area contributed by atoms with Gasteiger partial charge in [-0.3, -0.25) is 4.79 Å². The topological polar surface area (TPSA) is 74.6 Å². The minimum atomic E-state index is -0.117. The van der Waals surface area contributed by atoms with E-state index in [9.17, 15) is 9.59 Å². The first-order valence-corrected chi connectivity index (χ1v) is 8.50. The molecule has 0 spiro atoms. The van der Waals surface area contributed by atoms with Crippen molar-refractivity contribution in [2.24, 2.45) is 0 Å². The molecule has 1 fully saturated rings. The van der Waals surface area contributed by atoms with E-state index in [1.165, 1.54) is 6.92 Å². The Hall–Kier alpha value is -2.76. The molecular weight excluding hydrogens is 318 g/mol. The molecule has 0 saturated heterocycles. The molecule has 1 aromatic heterocycles. The third-order valence-corrected chi connectivity index (χ3v) is 4.24. The van der Waals surface area contributed by atoms with E-state index in [1.807, 2.05) is 48.2 Å². The van der Waals surface area contributed by atoms with Gasteiger partial charge in [0, 0.05) is 25.2 Å². The van der Waals surface area contributed by atoms with Crippen molar-refractivity contribution in [2.75, 3.05) is 5.32 Å². The van der Waals surface area contributed by atoms with Crippen molar-refractivity contribution in [1.29, 1.82) is 0 Å². The summed E-state index contributed by atoms with van der Waals surface area (Å²) in [5.41, 5.74) is 1.66. The number of furan rings is 1. The van der Waals surface area contributed by atoms with Crippen LogP contribution < -0.4 is 10.6 Å². The monoisotopic (exact) mass is 341 g/mol. The maximum absolute atomic E-state index is 12.7. The summed E-state index contributed by atoms with van der Waals surface area (Å²) in [6.07, 6.45) is 3.68. The molecule has 3 rings (SSSR count). The molecule has 6 heteroatoms. The van der Waals surface area contributed by atoms with Crippen molar-refractivity contribution in [3.8, 4) is 0 Å². The quantitative estimate of drug-likeness (QED) is 0.842. The number of hydrogen-bond acceptors (Lipinski definition) is 3. The minimum absolute atomic E-state index is 0.101. The summed E-state index contributed by atoms with van der Waals surface area (Å²) in [4.78, 5) is 25.7. The van der Waals surface area contributed by atoms with E-state index in [0.717, 1.165) is 29.9 Å². The van der Waals surface area contributed by atoms with Gasteiger partial charge in [0.2, 0.25) is 5.91 Å². The lowest BCUT2D eigenvalue weighted by molar-refractivity contribution is -0.114. The zero-order valence-corrected chi connectivity index (χ0v) is 14.5. The molecule has 1 atom stereocenters. The van der Waals surface area contributed by atoms with E-state index in [1.54, 1.807) is 6.26 Å². The molecule has 0 unspecified atom stereocenters. The highest BCUT2D eigenvalue weighted by molar-refractivity contribution is 5.88. The van der Waals surface area contributed by atoms with Crippen LogP contribution >= 0.6 is 0 Å². The van der Waals surface area contributed by atoms with Crippen LogP contribution in [0.25, 0.3) is 0 Å². The standard InChI is InChI=1S/C19H23N3O3/c1-13(18-7-4-10-25-18)22(17-8-9-17)19(24)20-12-15-5-3-6-16(11-15)21-14(2)23/h3-7,10-11,13,17H,8-9,12H2,1-2H3,(H,20,24)(H,21,23)/t13-/m0/s1. The number of anilines is 1. The number of benzene rings is 1. The first-order valence-electron chi connectivity index (χ1n) is 8.50. The molecule has 0 aliphatic heterocycles. The van der Waals surface area contributed by atoms with Crippen LogP contribution in [0.3, 0.4) is 0 Å². The Labute approximate surface area is 147 Å². The number of amides is 3. The van der Waals surface area contributed by atoms with Gasteiger partial charge in [-0.15, -0.1) is 0 Å². The van der Waals surface area contributed by atoms with Gasteiger partial charge in [0.1, 0.15) is 5.76 Å². The second-order valence-electron chi connectivity index (χ2n) is 6.37. The van der Waals surface area contributed by atoms with Crippen LogP contribution in [0.2, 0.25) is 0 Å². The number of rotatable bonds is 6. The SMILES string of the molecule is CC(=O)Nc1cccc(CNC(=O)N(C2CC2)[C@@H](C)c2ccco2)c1. The molecule has 0 bridgehead atoms. The lowest BCUT2D eigenvalue weighted by Crippen LogP contribution is -2.42. The van der Waals surface area contributed by atoms with Crippen LogP contribution in [0, 0.1) is 0 Å². The van der Waals surface area contributed by atoms with E-state index in [2.05, 4.69) is 10.6 Å². The van der Waals surface area contributed by atoms with Gasteiger partial charge >= 0.3 is 6.03 Å². The van der Waals surface area contributed by atoms with E-state index in [-0.39, 0.29) is 24.0 Å². The Kier molecular flexibility index (Phi) is 5.07. The van der Waals surface area contributed by atoms with Gasteiger partial charge in [-0.1, -0.05) is 12.1 Å². The number of carbonyl (C=O) groups excluding carboxylic acids is 2. The highest BCUT2D eigenvalue weighted by Crippen LogP contribution is 2.34. The molecule has 132 valence electrons. The summed E-state index contributed by atoms with van der Waals surface area (Å²) >= 11 is 0. The Morgan fingerprint density at radius 3 is 2.72 bits per heavy atom. The van der Waals surface area contributed by atoms with E-state index < -0.39 is 0 Å². The Morgan fingerprint density at radius 2 is 2.08 bits per heavy atom. The normalized spacial score (nSPS) is 14.6. The minimum Gasteiger partial charge on any atom is -0.467 e. The predicted molar refractivity (Wildman–Crippen MR) is 95.0 cm³/mol. The van der Waals surface area contributed by atoms with Crippen molar-refractivity contribution >= 4 is 17.6 Å². The predicted octanol–water partition coefficient (Wildman–Crippen LogP) is 3.67. The number of carbonyl (C=O) groups is 2. The first kappa shape index (κ1) is 17.1. The van der Waals surface area contributed by atoms with Crippen LogP contribution in [0.4, 0.5) is 10.5 Å². The van der Waals surface area contributed by atoms with Gasteiger partial charge in [0.15, 0.2) is 0 Å². The van der Waals surface area contributed by atoms with Crippen molar-refractivity contribution < 1.29 is 14.0 Å². The van der Waals surface area contributed by atoms with Gasteiger partial charge < -0.3 is 20.0 Å². The molecule has 3 amide bonds. The largest absolute Gasteiger partial charge is 0.467 e. The molecule has 1 aromatic carbocycles. The summed E-state index contributed by atoms with van der Waals surface area (Å²) in [5, 5.41) is 5.72. The molecule has 1 aliphatic rings.